The zero-order valence-electron chi connectivity index (χ0n) is 12.4. The number of oxazole rings is 1. The molecular formula is C17H13N3O2S. The third-order valence-electron chi connectivity index (χ3n) is 3.68. The van der Waals surface area contributed by atoms with Gasteiger partial charge in [0.15, 0.2) is 0 Å². The summed E-state index contributed by atoms with van der Waals surface area (Å²) in [6.45, 7) is 2.20. The van der Waals surface area contributed by atoms with Crippen LogP contribution in [0.25, 0.3) is 21.7 Å². The van der Waals surface area contributed by atoms with Gasteiger partial charge in [-0.3, -0.25) is 9.36 Å². The summed E-state index contributed by atoms with van der Waals surface area (Å²) in [5.41, 5.74) is 1.60. The van der Waals surface area contributed by atoms with E-state index in [1.54, 1.807) is 17.0 Å². The van der Waals surface area contributed by atoms with Crippen molar-refractivity contribution in [2.24, 2.45) is 0 Å². The highest BCUT2D eigenvalue weighted by molar-refractivity contribution is 7.16. The van der Waals surface area contributed by atoms with Gasteiger partial charge in [0.25, 0.3) is 5.56 Å². The van der Waals surface area contributed by atoms with E-state index in [1.807, 2.05) is 42.6 Å². The summed E-state index contributed by atoms with van der Waals surface area (Å²) in [6.07, 6.45) is 1.57. The van der Waals surface area contributed by atoms with E-state index in [1.165, 1.54) is 11.3 Å². The standard InChI is InChI=1S/C17H13N3O2S/c1-11-14(19-15(22-11)12-5-3-2-4-6-12)9-20-10-18-16-13(17(20)21)7-8-23-16/h2-8,10H,9H2,1H3. The highest BCUT2D eigenvalue weighted by Crippen LogP contribution is 2.22. The van der Waals surface area contributed by atoms with Gasteiger partial charge in [0.2, 0.25) is 5.89 Å². The maximum Gasteiger partial charge on any atom is 0.262 e. The molecule has 0 saturated carbocycles. The zero-order chi connectivity index (χ0) is 15.8. The molecule has 114 valence electrons. The largest absolute Gasteiger partial charge is 0.441 e. The van der Waals surface area contributed by atoms with E-state index in [0.29, 0.717) is 23.6 Å². The Bertz CT molecular complexity index is 1030. The molecule has 0 bridgehead atoms. The average Bonchev–Trinajstić information content (AvgIpc) is 3.19. The van der Waals surface area contributed by atoms with E-state index in [9.17, 15) is 4.79 Å². The van der Waals surface area contributed by atoms with Crippen molar-refractivity contribution >= 4 is 21.6 Å². The molecular weight excluding hydrogens is 310 g/mol. The molecule has 3 heterocycles. The molecule has 0 atom stereocenters. The third-order valence-corrected chi connectivity index (χ3v) is 4.50. The van der Waals surface area contributed by atoms with E-state index >= 15 is 0 Å². The molecule has 0 saturated heterocycles. The second-order valence-corrected chi connectivity index (χ2v) is 6.10. The van der Waals surface area contributed by atoms with E-state index < -0.39 is 0 Å². The van der Waals surface area contributed by atoms with Crippen LogP contribution in [0.1, 0.15) is 11.5 Å². The van der Waals surface area contributed by atoms with Crippen LogP contribution in [0, 0.1) is 6.92 Å². The Morgan fingerprint density at radius 3 is 2.87 bits per heavy atom. The SMILES string of the molecule is Cc1oc(-c2ccccc2)nc1Cn1cnc2sccc2c1=O. The van der Waals surface area contributed by atoms with Crippen LogP contribution in [0.15, 0.2) is 57.3 Å². The molecule has 0 aliphatic carbocycles. The summed E-state index contributed by atoms with van der Waals surface area (Å²) < 4.78 is 7.30. The summed E-state index contributed by atoms with van der Waals surface area (Å²) >= 11 is 1.46. The molecule has 0 aliphatic rings. The lowest BCUT2D eigenvalue weighted by molar-refractivity contribution is 0.537. The lowest BCUT2D eigenvalue weighted by Gasteiger charge is -2.02. The Kier molecular flexibility index (Phi) is 3.31. The number of aromatic nitrogens is 3. The van der Waals surface area contributed by atoms with Crippen LogP contribution in [0.3, 0.4) is 0 Å². The molecule has 0 unspecified atom stereocenters. The summed E-state index contributed by atoms with van der Waals surface area (Å²) in [4.78, 5) is 22.1. The van der Waals surface area contributed by atoms with E-state index in [0.717, 1.165) is 16.1 Å². The minimum absolute atomic E-state index is 0.0556. The van der Waals surface area contributed by atoms with Crippen LogP contribution in [-0.4, -0.2) is 14.5 Å². The van der Waals surface area contributed by atoms with E-state index in [-0.39, 0.29) is 5.56 Å². The van der Waals surface area contributed by atoms with Gasteiger partial charge in [0.1, 0.15) is 16.3 Å². The highest BCUT2D eigenvalue weighted by atomic mass is 32.1. The molecule has 0 aliphatic heterocycles. The number of thiophene rings is 1. The maximum absolute atomic E-state index is 12.5. The van der Waals surface area contributed by atoms with Crippen LogP contribution in [-0.2, 0) is 6.54 Å². The van der Waals surface area contributed by atoms with E-state index in [2.05, 4.69) is 9.97 Å². The lowest BCUT2D eigenvalue weighted by Crippen LogP contribution is -2.20. The predicted octanol–water partition coefficient (Wildman–Crippen LogP) is 3.47. The molecule has 3 aromatic heterocycles. The van der Waals surface area contributed by atoms with Crippen molar-refractivity contribution in [3.05, 3.63) is 69.9 Å². The number of rotatable bonds is 3. The first-order chi connectivity index (χ1) is 11.2. The summed E-state index contributed by atoms with van der Waals surface area (Å²) in [7, 11) is 0. The van der Waals surface area contributed by atoms with Crippen molar-refractivity contribution in [3.8, 4) is 11.5 Å². The molecule has 23 heavy (non-hydrogen) atoms. The van der Waals surface area contributed by atoms with Gasteiger partial charge in [-0.15, -0.1) is 11.3 Å². The van der Waals surface area contributed by atoms with Crippen molar-refractivity contribution < 1.29 is 4.42 Å². The highest BCUT2D eigenvalue weighted by Gasteiger charge is 2.13. The average molecular weight is 323 g/mol. The molecule has 4 rings (SSSR count). The molecule has 1 aromatic carbocycles. The molecule has 0 radical (unpaired) electrons. The fourth-order valence-corrected chi connectivity index (χ4v) is 3.17. The normalized spacial score (nSPS) is 11.2. The number of benzene rings is 1. The smallest absolute Gasteiger partial charge is 0.262 e. The van der Waals surface area contributed by atoms with Gasteiger partial charge in [-0.05, 0) is 30.5 Å². The number of hydrogen-bond acceptors (Lipinski definition) is 5. The molecule has 0 amide bonds. The molecule has 4 aromatic rings. The maximum atomic E-state index is 12.5. The van der Waals surface area contributed by atoms with Crippen molar-refractivity contribution in [1.29, 1.82) is 0 Å². The Morgan fingerprint density at radius 2 is 2.04 bits per heavy atom. The molecule has 0 spiro atoms. The van der Waals surface area contributed by atoms with E-state index in [4.69, 9.17) is 4.42 Å². The minimum Gasteiger partial charge on any atom is -0.441 e. The van der Waals surface area contributed by atoms with Gasteiger partial charge < -0.3 is 4.42 Å². The van der Waals surface area contributed by atoms with Crippen LogP contribution in [0.4, 0.5) is 0 Å². The van der Waals surface area contributed by atoms with Crippen molar-refractivity contribution in [2.45, 2.75) is 13.5 Å². The number of aryl methyl sites for hydroxylation is 1. The lowest BCUT2D eigenvalue weighted by atomic mass is 10.2. The predicted molar refractivity (Wildman–Crippen MR) is 89.7 cm³/mol. The zero-order valence-corrected chi connectivity index (χ0v) is 13.2. The number of hydrogen-bond donors (Lipinski definition) is 0. The Morgan fingerprint density at radius 1 is 1.22 bits per heavy atom. The Balaban J connectivity index is 1.72. The van der Waals surface area contributed by atoms with Gasteiger partial charge in [0.05, 0.1) is 18.3 Å². The summed E-state index contributed by atoms with van der Waals surface area (Å²) in [5.74, 6) is 1.27. The van der Waals surface area contributed by atoms with Crippen molar-refractivity contribution in [3.63, 3.8) is 0 Å². The quantitative estimate of drug-likeness (QED) is 0.579. The molecule has 0 N–H and O–H groups in total. The summed E-state index contributed by atoms with van der Waals surface area (Å²) in [6, 6.07) is 11.5. The van der Waals surface area contributed by atoms with Gasteiger partial charge in [-0.2, -0.15) is 0 Å². The van der Waals surface area contributed by atoms with Crippen LogP contribution in [0.2, 0.25) is 0 Å². The molecule has 0 fully saturated rings. The number of fused-ring (bicyclic) bond motifs is 1. The topological polar surface area (TPSA) is 60.9 Å². The minimum atomic E-state index is -0.0556. The first-order valence-corrected chi connectivity index (χ1v) is 8.05. The molecule has 5 nitrogen and oxygen atoms in total. The fraction of sp³-hybridized carbons (Fsp3) is 0.118. The number of nitrogens with zero attached hydrogens (tertiary/aromatic N) is 3. The second-order valence-electron chi connectivity index (χ2n) is 5.20. The van der Waals surface area contributed by atoms with Crippen molar-refractivity contribution in [1.82, 2.24) is 14.5 Å². The summed E-state index contributed by atoms with van der Waals surface area (Å²) in [5, 5.41) is 2.51. The van der Waals surface area contributed by atoms with Gasteiger partial charge in [0, 0.05) is 5.56 Å². The second kappa shape index (κ2) is 5.48. The van der Waals surface area contributed by atoms with Crippen molar-refractivity contribution in [2.75, 3.05) is 0 Å². The van der Waals surface area contributed by atoms with Gasteiger partial charge in [-0.1, -0.05) is 18.2 Å². The fourth-order valence-electron chi connectivity index (χ4n) is 2.45. The van der Waals surface area contributed by atoms with Gasteiger partial charge in [-0.25, -0.2) is 9.97 Å². The Hall–Kier alpha value is -2.73. The first kappa shape index (κ1) is 13.9. The van der Waals surface area contributed by atoms with Gasteiger partial charge >= 0.3 is 0 Å². The monoisotopic (exact) mass is 323 g/mol. The van der Waals surface area contributed by atoms with Crippen LogP contribution >= 0.6 is 11.3 Å². The van der Waals surface area contributed by atoms with Crippen LogP contribution < -0.4 is 5.56 Å². The first-order valence-electron chi connectivity index (χ1n) is 7.17. The Labute approximate surface area is 135 Å². The molecule has 6 heteroatoms. The van der Waals surface area contributed by atoms with Crippen LogP contribution in [0.5, 0.6) is 0 Å². The third kappa shape index (κ3) is 2.47.